The summed E-state index contributed by atoms with van der Waals surface area (Å²) in [5.41, 5.74) is 0. The zero-order valence-corrected chi connectivity index (χ0v) is 8.84. The van der Waals surface area contributed by atoms with Crippen molar-refractivity contribution in [1.29, 1.82) is 0 Å². The molecule has 0 aromatic carbocycles. The van der Waals surface area contributed by atoms with Crippen molar-refractivity contribution in [3.63, 3.8) is 0 Å². The van der Waals surface area contributed by atoms with Gasteiger partial charge in [-0.25, -0.2) is 0 Å². The van der Waals surface area contributed by atoms with Crippen molar-refractivity contribution in [2.24, 2.45) is 5.92 Å². The van der Waals surface area contributed by atoms with Crippen LogP contribution >= 0.6 is 0 Å². The van der Waals surface area contributed by atoms with Gasteiger partial charge in [0, 0.05) is 20.1 Å². The fraction of sp³-hybridized carbons (Fsp3) is 0.900. The smallest absolute Gasteiger partial charge is 0.220 e. The Labute approximate surface area is 85.4 Å². The van der Waals surface area contributed by atoms with Gasteiger partial charge in [-0.05, 0) is 31.8 Å². The molecule has 4 nitrogen and oxygen atoms in total. The summed E-state index contributed by atoms with van der Waals surface area (Å²) in [7, 11) is 1.64. The highest BCUT2D eigenvalue weighted by molar-refractivity contribution is 5.75. The Bertz CT molecular complexity index is 168. The van der Waals surface area contributed by atoms with E-state index >= 15 is 0 Å². The summed E-state index contributed by atoms with van der Waals surface area (Å²) in [5, 5.41) is 6.12. The molecule has 0 aromatic heterocycles. The number of amides is 1. The molecular formula is C10H20N2O2. The van der Waals surface area contributed by atoms with Crippen molar-refractivity contribution < 1.29 is 9.53 Å². The Hall–Kier alpha value is -0.610. The molecule has 2 N–H and O–H groups in total. The third-order valence-electron chi connectivity index (χ3n) is 2.57. The standard InChI is InChI=1S/C10H20N2O2/c1-14-7-6-12-10(13)3-2-9-4-5-11-8-9/h9,11H,2-8H2,1H3,(H,12,13). The lowest BCUT2D eigenvalue weighted by atomic mass is 10.0. The number of hydrogen-bond acceptors (Lipinski definition) is 3. The summed E-state index contributed by atoms with van der Waals surface area (Å²) >= 11 is 0. The second-order valence-corrected chi connectivity index (χ2v) is 3.74. The molecule has 1 unspecified atom stereocenters. The minimum Gasteiger partial charge on any atom is -0.383 e. The van der Waals surface area contributed by atoms with Crippen LogP contribution in [0.15, 0.2) is 0 Å². The quantitative estimate of drug-likeness (QED) is 0.600. The molecule has 14 heavy (non-hydrogen) atoms. The van der Waals surface area contributed by atoms with Gasteiger partial charge in [0.15, 0.2) is 0 Å². The van der Waals surface area contributed by atoms with E-state index in [-0.39, 0.29) is 5.91 Å². The van der Waals surface area contributed by atoms with E-state index < -0.39 is 0 Å². The van der Waals surface area contributed by atoms with Gasteiger partial charge in [0.05, 0.1) is 6.61 Å². The largest absolute Gasteiger partial charge is 0.383 e. The number of rotatable bonds is 6. The third kappa shape index (κ3) is 4.58. The van der Waals surface area contributed by atoms with Crippen molar-refractivity contribution in [1.82, 2.24) is 10.6 Å². The summed E-state index contributed by atoms with van der Waals surface area (Å²) in [4.78, 5) is 11.3. The van der Waals surface area contributed by atoms with Crippen LogP contribution in [-0.2, 0) is 9.53 Å². The van der Waals surface area contributed by atoms with Crippen molar-refractivity contribution in [3.8, 4) is 0 Å². The van der Waals surface area contributed by atoms with Gasteiger partial charge in [0.25, 0.3) is 0 Å². The molecule has 1 aliphatic heterocycles. The lowest BCUT2D eigenvalue weighted by Gasteiger charge is -2.08. The van der Waals surface area contributed by atoms with Gasteiger partial charge in [-0.3, -0.25) is 4.79 Å². The summed E-state index contributed by atoms with van der Waals surface area (Å²) in [6.45, 7) is 3.40. The maximum absolute atomic E-state index is 11.3. The zero-order chi connectivity index (χ0) is 10.2. The van der Waals surface area contributed by atoms with E-state index in [9.17, 15) is 4.79 Å². The van der Waals surface area contributed by atoms with Crippen LogP contribution in [0.1, 0.15) is 19.3 Å². The first-order valence-corrected chi connectivity index (χ1v) is 5.29. The minimum absolute atomic E-state index is 0.147. The predicted octanol–water partition coefficient (Wildman–Crippen LogP) is 0.139. The van der Waals surface area contributed by atoms with E-state index in [1.165, 1.54) is 6.42 Å². The molecular weight excluding hydrogens is 180 g/mol. The first-order valence-electron chi connectivity index (χ1n) is 5.29. The molecule has 1 atom stereocenters. The summed E-state index contributed by atoms with van der Waals surface area (Å²) < 4.78 is 4.85. The lowest BCUT2D eigenvalue weighted by Crippen LogP contribution is -2.27. The zero-order valence-electron chi connectivity index (χ0n) is 8.84. The maximum atomic E-state index is 11.3. The van der Waals surface area contributed by atoms with Crippen LogP contribution in [0.5, 0.6) is 0 Å². The van der Waals surface area contributed by atoms with Crippen molar-refractivity contribution in [2.45, 2.75) is 19.3 Å². The first kappa shape index (κ1) is 11.5. The molecule has 1 fully saturated rings. The van der Waals surface area contributed by atoms with Gasteiger partial charge in [-0.2, -0.15) is 0 Å². The van der Waals surface area contributed by atoms with Gasteiger partial charge in [-0.15, -0.1) is 0 Å². The van der Waals surface area contributed by atoms with Crippen LogP contribution in [0.3, 0.4) is 0 Å². The van der Waals surface area contributed by atoms with Crippen molar-refractivity contribution in [3.05, 3.63) is 0 Å². The highest BCUT2D eigenvalue weighted by Crippen LogP contribution is 2.13. The molecule has 0 aromatic rings. The van der Waals surface area contributed by atoms with Crippen molar-refractivity contribution in [2.75, 3.05) is 33.4 Å². The van der Waals surface area contributed by atoms with E-state index in [0.29, 0.717) is 25.5 Å². The van der Waals surface area contributed by atoms with E-state index in [0.717, 1.165) is 19.5 Å². The molecule has 0 bridgehead atoms. The molecule has 0 radical (unpaired) electrons. The van der Waals surface area contributed by atoms with Crippen molar-refractivity contribution >= 4 is 5.91 Å². The number of nitrogens with one attached hydrogen (secondary N) is 2. The van der Waals surface area contributed by atoms with Crippen LogP contribution in [0.4, 0.5) is 0 Å². The van der Waals surface area contributed by atoms with E-state index in [1.54, 1.807) is 7.11 Å². The number of hydrogen-bond donors (Lipinski definition) is 2. The monoisotopic (exact) mass is 200 g/mol. The predicted molar refractivity (Wildman–Crippen MR) is 55.1 cm³/mol. The first-order chi connectivity index (χ1) is 6.83. The Morgan fingerprint density at radius 2 is 2.50 bits per heavy atom. The second kappa shape index (κ2) is 6.79. The number of methoxy groups -OCH3 is 1. The number of carbonyl (C=O) groups is 1. The van der Waals surface area contributed by atoms with Gasteiger partial charge >= 0.3 is 0 Å². The van der Waals surface area contributed by atoms with Crippen LogP contribution in [0.25, 0.3) is 0 Å². The molecule has 1 rings (SSSR count). The summed E-state index contributed by atoms with van der Waals surface area (Å²) in [6.07, 6.45) is 2.87. The van der Waals surface area contributed by atoms with Gasteiger partial charge in [0.1, 0.15) is 0 Å². The number of ether oxygens (including phenoxy) is 1. The van der Waals surface area contributed by atoms with E-state index in [1.807, 2.05) is 0 Å². The molecule has 4 heteroatoms. The molecule has 1 saturated heterocycles. The highest BCUT2D eigenvalue weighted by Gasteiger charge is 2.15. The minimum atomic E-state index is 0.147. The second-order valence-electron chi connectivity index (χ2n) is 3.74. The molecule has 1 aliphatic rings. The average molecular weight is 200 g/mol. The van der Waals surface area contributed by atoms with Gasteiger partial charge in [0.2, 0.25) is 5.91 Å². The van der Waals surface area contributed by atoms with Crippen LogP contribution in [0.2, 0.25) is 0 Å². The highest BCUT2D eigenvalue weighted by atomic mass is 16.5. The normalized spacial score (nSPS) is 21.1. The lowest BCUT2D eigenvalue weighted by molar-refractivity contribution is -0.121. The Balaban J connectivity index is 1.96. The molecule has 1 heterocycles. The van der Waals surface area contributed by atoms with E-state index in [4.69, 9.17) is 4.74 Å². The SMILES string of the molecule is COCCNC(=O)CCC1CCNC1. The fourth-order valence-corrected chi connectivity index (χ4v) is 1.68. The third-order valence-corrected chi connectivity index (χ3v) is 2.57. The summed E-state index contributed by atoms with van der Waals surface area (Å²) in [6, 6.07) is 0. The van der Waals surface area contributed by atoms with E-state index in [2.05, 4.69) is 10.6 Å². The molecule has 1 amide bonds. The Morgan fingerprint density at radius 3 is 3.14 bits per heavy atom. The topological polar surface area (TPSA) is 50.4 Å². The number of carbonyl (C=O) groups excluding carboxylic acids is 1. The van der Waals surface area contributed by atoms with Crippen LogP contribution < -0.4 is 10.6 Å². The average Bonchev–Trinajstić information content (AvgIpc) is 2.68. The maximum Gasteiger partial charge on any atom is 0.220 e. The molecule has 0 aliphatic carbocycles. The summed E-state index contributed by atoms with van der Waals surface area (Å²) in [5.74, 6) is 0.845. The fourth-order valence-electron chi connectivity index (χ4n) is 1.68. The van der Waals surface area contributed by atoms with Crippen LogP contribution in [0, 0.1) is 5.92 Å². The molecule has 82 valence electrons. The molecule has 0 spiro atoms. The Kier molecular flexibility index (Phi) is 5.56. The van der Waals surface area contributed by atoms with Gasteiger partial charge < -0.3 is 15.4 Å². The molecule has 0 saturated carbocycles. The Morgan fingerprint density at radius 1 is 1.64 bits per heavy atom. The van der Waals surface area contributed by atoms with Gasteiger partial charge in [-0.1, -0.05) is 0 Å². The van der Waals surface area contributed by atoms with Crippen LogP contribution in [-0.4, -0.2) is 39.3 Å².